The molecule has 1 amide bonds. The predicted molar refractivity (Wildman–Crippen MR) is 92.1 cm³/mol. The van der Waals surface area contributed by atoms with E-state index in [2.05, 4.69) is 10.1 Å². The van der Waals surface area contributed by atoms with Gasteiger partial charge in [0, 0.05) is 18.3 Å². The summed E-state index contributed by atoms with van der Waals surface area (Å²) in [6, 6.07) is 9.77. The van der Waals surface area contributed by atoms with Crippen molar-refractivity contribution in [3.63, 3.8) is 0 Å². The van der Waals surface area contributed by atoms with Gasteiger partial charge in [0.15, 0.2) is 0 Å². The van der Waals surface area contributed by atoms with Gasteiger partial charge in [-0.2, -0.15) is 5.10 Å². The number of methoxy groups -OCH3 is 1. The molecule has 3 heterocycles. The van der Waals surface area contributed by atoms with E-state index in [9.17, 15) is 9.18 Å². The Labute approximate surface area is 149 Å². The molecule has 0 N–H and O–H groups in total. The molecule has 0 saturated heterocycles. The molecule has 26 heavy (non-hydrogen) atoms. The second kappa shape index (κ2) is 6.59. The Bertz CT molecular complexity index is 952. The van der Waals surface area contributed by atoms with Gasteiger partial charge >= 0.3 is 0 Å². The van der Waals surface area contributed by atoms with Gasteiger partial charge in [0.25, 0.3) is 5.91 Å². The zero-order valence-corrected chi connectivity index (χ0v) is 14.2. The Morgan fingerprint density at radius 2 is 2.04 bits per heavy atom. The van der Waals surface area contributed by atoms with Crippen LogP contribution in [0.15, 0.2) is 48.8 Å². The molecule has 1 aliphatic rings. The van der Waals surface area contributed by atoms with Crippen molar-refractivity contribution in [2.75, 3.05) is 7.11 Å². The zero-order valence-electron chi connectivity index (χ0n) is 14.2. The van der Waals surface area contributed by atoms with E-state index in [0.29, 0.717) is 31.1 Å². The van der Waals surface area contributed by atoms with Crippen molar-refractivity contribution >= 4 is 5.91 Å². The van der Waals surface area contributed by atoms with Gasteiger partial charge in [0.05, 0.1) is 32.1 Å². The van der Waals surface area contributed by atoms with Crippen molar-refractivity contribution in [1.29, 1.82) is 0 Å². The number of pyridine rings is 1. The van der Waals surface area contributed by atoms with E-state index in [1.54, 1.807) is 41.6 Å². The lowest BCUT2D eigenvalue weighted by atomic mass is 10.2. The number of hydrogen-bond donors (Lipinski definition) is 0. The monoisotopic (exact) mass is 352 g/mol. The fraction of sp³-hybridized carbons (Fsp3) is 0.211. The summed E-state index contributed by atoms with van der Waals surface area (Å²) in [6.45, 7) is 1.50. The van der Waals surface area contributed by atoms with E-state index in [1.165, 1.54) is 19.2 Å². The van der Waals surface area contributed by atoms with Gasteiger partial charge in [0.2, 0.25) is 5.88 Å². The maximum Gasteiger partial charge on any atom is 0.260 e. The highest BCUT2D eigenvalue weighted by Gasteiger charge is 2.29. The summed E-state index contributed by atoms with van der Waals surface area (Å²) in [5.74, 6) is -0.0671. The first-order valence-corrected chi connectivity index (χ1v) is 8.22. The second-order valence-corrected chi connectivity index (χ2v) is 6.12. The normalized spacial score (nSPS) is 12.9. The standard InChI is InChI=1S/C19H17FN4O2/c1-26-18-16(3-2-8-21-18)19(25)23-11-14-9-22-24(17(14)12-23)10-13-4-6-15(20)7-5-13/h2-9H,10-12H2,1H3. The highest BCUT2D eigenvalue weighted by molar-refractivity contribution is 5.96. The molecule has 0 aliphatic carbocycles. The van der Waals surface area contributed by atoms with E-state index in [1.807, 2.05) is 4.68 Å². The van der Waals surface area contributed by atoms with Gasteiger partial charge in [-0.1, -0.05) is 12.1 Å². The van der Waals surface area contributed by atoms with Crippen LogP contribution >= 0.6 is 0 Å². The molecule has 0 atom stereocenters. The first-order chi connectivity index (χ1) is 12.7. The molecule has 6 nitrogen and oxygen atoms in total. The van der Waals surface area contributed by atoms with Crippen molar-refractivity contribution in [3.8, 4) is 5.88 Å². The van der Waals surface area contributed by atoms with Crippen molar-refractivity contribution in [2.45, 2.75) is 19.6 Å². The summed E-state index contributed by atoms with van der Waals surface area (Å²) in [6.07, 6.45) is 3.38. The molecule has 7 heteroatoms. The van der Waals surface area contributed by atoms with Crippen LogP contribution in [0.25, 0.3) is 0 Å². The number of benzene rings is 1. The van der Waals surface area contributed by atoms with Gasteiger partial charge in [-0.25, -0.2) is 9.37 Å². The minimum atomic E-state index is -0.262. The number of amides is 1. The van der Waals surface area contributed by atoms with Crippen molar-refractivity contribution < 1.29 is 13.9 Å². The SMILES string of the molecule is COc1ncccc1C(=O)N1Cc2cnn(Cc3ccc(F)cc3)c2C1. The number of fused-ring (bicyclic) bond motifs is 1. The van der Waals surface area contributed by atoms with Crippen LogP contribution in [-0.4, -0.2) is 32.7 Å². The number of hydrogen-bond acceptors (Lipinski definition) is 4. The number of rotatable bonds is 4. The summed E-state index contributed by atoms with van der Waals surface area (Å²) in [7, 11) is 1.50. The van der Waals surface area contributed by atoms with Crippen molar-refractivity contribution in [2.24, 2.45) is 0 Å². The van der Waals surface area contributed by atoms with Crippen LogP contribution in [0.3, 0.4) is 0 Å². The highest BCUT2D eigenvalue weighted by Crippen LogP contribution is 2.26. The lowest BCUT2D eigenvalue weighted by molar-refractivity contribution is 0.0744. The number of carbonyl (C=O) groups excluding carboxylic acids is 1. The quantitative estimate of drug-likeness (QED) is 0.724. The molecule has 0 radical (unpaired) electrons. The van der Waals surface area contributed by atoms with E-state index in [-0.39, 0.29) is 11.7 Å². The molecule has 2 aromatic heterocycles. The number of ether oxygens (including phenoxy) is 1. The Hall–Kier alpha value is -3.22. The second-order valence-electron chi connectivity index (χ2n) is 6.12. The third-order valence-corrected chi connectivity index (χ3v) is 4.46. The largest absolute Gasteiger partial charge is 0.480 e. The molecule has 132 valence electrons. The number of aromatic nitrogens is 3. The predicted octanol–water partition coefficient (Wildman–Crippen LogP) is 2.63. The summed E-state index contributed by atoms with van der Waals surface area (Å²) in [4.78, 5) is 18.7. The molecule has 0 bridgehead atoms. The van der Waals surface area contributed by atoms with Crippen molar-refractivity contribution in [3.05, 3.63) is 77.0 Å². The highest BCUT2D eigenvalue weighted by atomic mass is 19.1. The van der Waals surface area contributed by atoms with Crippen LogP contribution in [0.5, 0.6) is 5.88 Å². The first kappa shape index (κ1) is 16.3. The van der Waals surface area contributed by atoms with E-state index in [4.69, 9.17) is 4.74 Å². The average molecular weight is 352 g/mol. The molecule has 0 unspecified atom stereocenters. The summed E-state index contributed by atoms with van der Waals surface area (Å²) < 4.78 is 20.1. The minimum Gasteiger partial charge on any atom is -0.480 e. The Morgan fingerprint density at radius 1 is 1.23 bits per heavy atom. The lowest BCUT2D eigenvalue weighted by Crippen LogP contribution is -2.27. The zero-order chi connectivity index (χ0) is 18.1. The fourth-order valence-electron chi connectivity index (χ4n) is 3.14. The van der Waals surface area contributed by atoms with Gasteiger partial charge < -0.3 is 9.64 Å². The van der Waals surface area contributed by atoms with E-state index >= 15 is 0 Å². The maximum atomic E-state index is 13.1. The van der Waals surface area contributed by atoms with Crippen LogP contribution in [0, 0.1) is 5.82 Å². The molecular weight excluding hydrogens is 335 g/mol. The van der Waals surface area contributed by atoms with Crippen molar-refractivity contribution in [1.82, 2.24) is 19.7 Å². The van der Waals surface area contributed by atoms with E-state index < -0.39 is 0 Å². The smallest absolute Gasteiger partial charge is 0.260 e. The molecular formula is C19H17FN4O2. The number of nitrogens with zero attached hydrogens (tertiary/aromatic N) is 4. The van der Waals surface area contributed by atoms with Gasteiger partial charge in [-0.3, -0.25) is 9.48 Å². The number of halogens is 1. The third-order valence-electron chi connectivity index (χ3n) is 4.46. The van der Waals surface area contributed by atoms with Crippen LogP contribution in [0.1, 0.15) is 27.2 Å². The van der Waals surface area contributed by atoms with Gasteiger partial charge in [0.1, 0.15) is 11.4 Å². The van der Waals surface area contributed by atoms with Gasteiger partial charge in [-0.05, 0) is 29.8 Å². The molecule has 4 rings (SSSR count). The summed E-state index contributed by atoms with van der Waals surface area (Å²) >= 11 is 0. The van der Waals surface area contributed by atoms with Crippen LogP contribution in [0.4, 0.5) is 4.39 Å². The Morgan fingerprint density at radius 3 is 2.81 bits per heavy atom. The van der Waals surface area contributed by atoms with E-state index in [0.717, 1.165) is 16.8 Å². The van der Waals surface area contributed by atoms with Crippen LogP contribution in [0.2, 0.25) is 0 Å². The Kier molecular flexibility index (Phi) is 4.12. The fourth-order valence-corrected chi connectivity index (χ4v) is 3.14. The van der Waals surface area contributed by atoms with Crippen LogP contribution < -0.4 is 4.74 Å². The maximum absolute atomic E-state index is 13.1. The molecule has 3 aromatic rings. The third kappa shape index (κ3) is 2.92. The summed E-state index contributed by atoms with van der Waals surface area (Å²) in [5, 5.41) is 4.40. The molecule has 1 aromatic carbocycles. The molecule has 0 spiro atoms. The van der Waals surface area contributed by atoms with Crippen LogP contribution in [-0.2, 0) is 19.6 Å². The first-order valence-electron chi connectivity index (χ1n) is 8.22. The average Bonchev–Trinajstić information content (AvgIpc) is 3.25. The molecule has 0 fully saturated rings. The Balaban J connectivity index is 1.53. The molecule has 1 aliphatic heterocycles. The minimum absolute atomic E-state index is 0.125. The lowest BCUT2D eigenvalue weighted by Gasteiger charge is -2.17. The van der Waals surface area contributed by atoms with Gasteiger partial charge in [-0.15, -0.1) is 0 Å². The molecule has 0 saturated carbocycles. The number of carbonyl (C=O) groups is 1. The topological polar surface area (TPSA) is 60.2 Å². The summed E-state index contributed by atoms with van der Waals surface area (Å²) in [5.41, 5.74) is 3.41.